The van der Waals surface area contributed by atoms with E-state index >= 15 is 0 Å². The minimum absolute atomic E-state index is 0.0131. The second kappa shape index (κ2) is 9.39. The monoisotopic (exact) mass is 349 g/mol. The number of nitrogens with one attached hydrogen (secondary N) is 2. The first-order valence-corrected chi connectivity index (χ1v) is 8.51. The second-order valence-corrected chi connectivity index (χ2v) is 6.24. The molecular formula is C18H27N3O4. The summed E-state index contributed by atoms with van der Waals surface area (Å²) in [5.41, 5.74) is 1.44. The number of hydrogen-bond donors (Lipinski definition) is 2. The Morgan fingerprint density at radius 2 is 2.08 bits per heavy atom. The van der Waals surface area contributed by atoms with Crippen molar-refractivity contribution >= 4 is 17.5 Å². The van der Waals surface area contributed by atoms with Crippen LogP contribution >= 0.6 is 0 Å². The molecule has 1 heterocycles. The fourth-order valence-corrected chi connectivity index (χ4v) is 2.93. The summed E-state index contributed by atoms with van der Waals surface area (Å²) in [7, 11) is 3.26. The molecule has 1 aromatic rings. The molecule has 2 rings (SSSR count). The molecule has 0 radical (unpaired) electrons. The molecule has 1 aliphatic rings. The molecule has 1 aromatic carbocycles. The number of rotatable bonds is 6. The fourth-order valence-electron chi connectivity index (χ4n) is 2.93. The Balaban J connectivity index is 1.86. The van der Waals surface area contributed by atoms with Crippen molar-refractivity contribution in [2.24, 2.45) is 0 Å². The topological polar surface area (TPSA) is 79.9 Å². The molecule has 2 amide bonds. The zero-order valence-corrected chi connectivity index (χ0v) is 15.1. The third-order valence-corrected chi connectivity index (χ3v) is 4.34. The van der Waals surface area contributed by atoms with E-state index in [4.69, 9.17) is 9.47 Å². The van der Waals surface area contributed by atoms with E-state index in [1.165, 1.54) is 0 Å². The van der Waals surface area contributed by atoms with E-state index in [1.54, 1.807) is 26.4 Å². The highest BCUT2D eigenvalue weighted by Crippen LogP contribution is 2.21. The lowest BCUT2D eigenvalue weighted by molar-refractivity contribution is -0.136. The van der Waals surface area contributed by atoms with E-state index < -0.39 is 11.8 Å². The summed E-state index contributed by atoms with van der Waals surface area (Å²) in [4.78, 5) is 26.6. The van der Waals surface area contributed by atoms with Crippen molar-refractivity contribution in [2.75, 3.05) is 45.8 Å². The molecule has 1 saturated heterocycles. The van der Waals surface area contributed by atoms with Gasteiger partial charge in [-0.3, -0.25) is 14.5 Å². The van der Waals surface area contributed by atoms with Crippen molar-refractivity contribution in [1.29, 1.82) is 0 Å². The summed E-state index contributed by atoms with van der Waals surface area (Å²) >= 11 is 0. The third kappa shape index (κ3) is 5.72. The van der Waals surface area contributed by atoms with Gasteiger partial charge in [0.05, 0.1) is 13.7 Å². The third-order valence-electron chi connectivity index (χ3n) is 4.34. The Morgan fingerprint density at radius 3 is 2.76 bits per heavy atom. The van der Waals surface area contributed by atoms with Crippen LogP contribution in [-0.2, 0) is 14.3 Å². The molecule has 0 bridgehead atoms. The van der Waals surface area contributed by atoms with E-state index in [-0.39, 0.29) is 6.04 Å². The average Bonchev–Trinajstić information content (AvgIpc) is 2.61. The fraction of sp³-hybridized carbons (Fsp3) is 0.556. The second-order valence-electron chi connectivity index (χ2n) is 6.24. The lowest BCUT2D eigenvalue weighted by Gasteiger charge is -2.32. The Kier molecular flexibility index (Phi) is 7.21. The van der Waals surface area contributed by atoms with E-state index in [0.717, 1.165) is 38.0 Å². The van der Waals surface area contributed by atoms with Gasteiger partial charge in [-0.15, -0.1) is 0 Å². The lowest BCUT2D eigenvalue weighted by atomic mass is 10.1. The zero-order chi connectivity index (χ0) is 18.2. The average molecular weight is 349 g/mol. The zero-order valence-electron chi connectivity index (χ0n) is 15.1. The van der Waals surface area contributed by atoms with Crippen molar-refractivity contribution < 1.29 is 19.1 Å². The van der Waals surface area contributed by atoms with E-state index in [0.29, 0.717) is 18.0 Å². The summed E-state index contributed by atoms with van der Waals surface area (Å²) in [6, 6.07) is 5.27. The molecule has 0 aromatic heterocycles. The number of carbonyl (C=O) groups is 2. The van der Waals surface area contributed by atoms with Crippen LogP contribution in [0.1, 0.15) is 18.4 Å². The lowest BCUT2D eigenvalue weighted by Crippen LogP contribution is -2.50. The molecule has 7 nitrogen and oxygen atoms in total. The summed E-state index contributed by atoms with van der Waals surface area (Å²) in [6.07, 6.45) is 1.87. The molecule has 0 spiro atoms. The first-order valence-electron chi connectivity index (χ1n) is 8.51. The van der Waals surface area contributed by atoms with Crippen molar-refractivity contribution in [3.63, 3.8) is 0 Å². The van der Waals surface area contributed by atoms with Crippen LogP contribution in [0.25, 0.3) is 0 Å². The molecule has 2 N–H and O–H groups in total. The van der Waals surface area contributed by atoms with Gasteiger partial charge in [-0.05, 0) is 50.1 Å². The molecule has 25 heavy (non-hydrogen) atoms. The van der Waals surface area contributed by atoms with Gasteiger partial charge in [0.2, 0.25) is 0 Å². The Hall–Kier alpha value is -2.12. The normalized spacial score (nSPS) is 17.8. The van der Waals surface area contributed by atoms with Crippen LogP contribution in [0, 0.1) is 6.92 Å². The van der Waals surface area contributed by atoms with Crippen molar-refractivity contribution in [3.8, 4) is 5.75 Å². The molecule has 138 valence electrons. The largest absolute Gasteiger partial charge is 0.497 e. The number of amides is 2. The SMILES string of the molecule is COCCN1CCCC(NC(=O)C(=O)Nc2ccc(OC)cc2C)C1. The molecule has 0 aliphatic carbocycles. The highest BCUT2D eigenvalue weighted by atomic mass is 16.5. The maximum Gasteiger partial charge on any atom is 0.313 e. The van der Waals surface area contributed by atoms with Crippen LogP contribution in [0.3, 0.4) is 0 Å². The summed E-state index contributed by atoms with van der Waals surface area (Å²) < 4.78 is 10.2. The summed E-state index contributed by atoms with van der Waals surface area (Å²) in [6.45, 7) is 5.08. The van der Waals surface area contributed by atoms with Crippen molar-refractivity contribution in [2.45, 2.75) is 25.8 Å². The Morgan fingerprint density at radius 1 is 1.28 bits per heavy atom. The molecule has 1 aliphatic heterocycles. The van der Waals surface area contributed by atoms with Crippen LogP contribution < -0.4 is 15.4 Å². The number of piperidine rings is 1. The maximum absolute atomic E-state index is 12.2. The molecule has 1 atom stereocenters. The predicted molar refractivity (Wildman–Crippen MR) is 95.8 cm³/mol. The van der Waals surface area contributed by atoms with Crippen LogP contribution in [-0.4, -0.2) is 63.2 Å². The maximum atomic E-state index is 12.2. The number of carbonyl (C=O) groups excluding carboxylic acids is 2. The van der Waals surface area contributed by atoms with Crippen LogP contribution in [0.5, 0.6) is 5.75 Å². The van der Waals surface area contributed by atoms with Gasteiger partial charge >= 0.3 is 11.8 Å². The van der Waals surface area contributed by atoms with Gasteiger partial charge in [-0.2, -0.15) is 0 Å². The number of likely N-dealkylation sites (tertiary alicyclic amines) is 1. The highest BCUT2D eigenvalue weighted by Gasteiger charge is 2.24. The van der Waals surface area contributed by atoms with Gasteiger partial charge in [0.25, 0.3) is 0 Å². The van der Waals surface area contributed by atoms with Gasteiger partial charge in [-0.1, -0.05) is 0 Å². The number of methoxy groups -OCH3 is 2. The number of nitrogens with zero attached hydrogens (tertiary/aromatic N) is 1. The van der Waals surface area contributed by atoms with E-state index in [9.17, 15) is 9.59 Å². The van der Waals surface area contributed by atoms with Crippen LogP contribution in [0.15, 0.2) is 18.2 Å². The smallest absolute Gasteiger partial charge is 0.313 e. The molecule has 7 heteroatoms. The minimum atomic E-state index is -0.651. The number of hydrogen-bond acceptors (Lipinski definition) is 5. The van der Waals surface area contributed by atoms with Crippen LogP contribution in [0.2, 0.25) is 0 Å². The Labute approximate surface area is 148 Å². The Bertz CT molecular complexity index is 606. The summed E-state index contributed by atoms with van der Waals surface area (Å²) in [5.74, 6) is -0.547. The first kappa shape index (κ1) is 19.2. The summed E-state index contributed by atoms with van der Waals surface area (Å²) in [5, 5.41) is 5.49. The van der Waals surface area contributed by atoms with E-state index in [1.807, 2.05) is 13.0 Å². The van der Waals surface area contributed by atoms with Gasteiger partial charge in [0, 0.05) is 31.9 Å². The quantitative estimate of drug-likeness (QED) is 0.754. The predicted octanol–water partition coefficient (Wildman–Crippen LogP) is 1.17. The number of aryl methyl sites for hydroxylation is 1. The minimum Gasteiger partial charge on any atom is -0.497 e. The number of benzene rings is 1. The molecular weight excluding hydrogens is 322 g/mol. The van der Waals surface area contributed by atoms with Crippen LogP contribution in [0.4, 0.5) is 5.69 Å². The molecule has 1 unspecified atom stereocenters. The first-order chi connectivity index (χ1) is 12.0. The highest BCUT2D eigenvalue weighted by molar-refractivity contribution is 6.39. The van der Waals surface area contributed by atoms with Crippen molar-refractivity contribution in [3.05, 3.63) is 23.8 Å². The standard InChI is InChI=1S/C18H27N3O4/c1-13-11-15(25-3)6-7-16(13)20-18(23)17(22)19-14-5-4-8-21(12-14)9-10-24-2/h6-7,11,14H,4-5,8-10,12H2,1-3H3,(H,19,22)(H,20,23). The molecule has 1 fully saturated rings. The van der Waals surface area contributed by atoms with Gasteiger partial charge in [0.15, 0.2) is 0 Å². The number of anilines is 1. The van der Waals surface area contributed by atoms with E-state index in [2.05, 4.69) is 15.5 Å². The van der Waals surface area contributed by atoms with Crippen molar-refractivity contribution in [1.82, 2.24) is 10.2 Å². The van der Waals surface area contributed by atoms with Gasteiger partial charge in [-0.25, -0.2) is 0 Å². The van der Waals surface area contributed by atoms with Gasteiger partial charge in [0.1, 0.15) is 5.75 Å². The van der Waals surface area contributed by atoms with Gasteiger partial charge < -0.3 is 20.1 Å². The number of ether oxygens (including phenoxy) is 2. The molecule has 0 saturated carbocycles.